The molecule has 3 nitrogen and oxygen atoms in total. The predicted molar refractivity (Wildman–Crippen MR) is 82.4 cm³/mol. The maximum absolute atomic E-state index is 6.17. The van der Waals surface area contributed by atoms with Gasteiger partial charge in [0.05, 0.1) is 6.04 Å². The topological polar surface area (TPSA) is 34.2 Å². The second kappa shape index (κ2) is 5.85. The van der Waals surface area contributed by atoms with Crippen molar-refractivity contribution in [2.75, 3.05) is 12.8 Å². The van der Waals surface area contributed by atoms with E-state index in [1.807, 2.05) is 43.3 Å². The number of thioether (sulfide) groups is 1. The zero-order valence-electron chi connectivity index (χ0n) is 11.7. The van der Waals surface area contributed by atoms with Crippen LogP contribution < -0.4 is 10.1 Å². The highest BCUT2D eigenvalue weighted by atomic mass is 32.2. The van der Waals surface area contributed by atoms with Crippen LogP contribution in [0.5, 0.6) is 5.75 Å². The minimum absolute atomic E-state index is 0.114. The fourth-order valence-electron chi connectivity index (χ4n) is 2.52. The number of hydrogen-bond acceptors (Lipinski definition) is 4. The van der Waals surface area contributed by atoms with Crippen molar-refractivity contribution in [1.82, 2.24) is 10.3 Å². The molecule has 0 fully saturated rings. The van der Waals surface area contributed by atoms with Crippen LogP contribution in [0.1, 0.15) is 17.2 Å². The molecule has 0 amide bonds. The van der Waals surface area contributed by atoms with E-state index < -0.39 is 0 Å². The van der Waals surface area contributed by atoms with Crippen molar-refractivity contribution in [3.8, 4) is 5.75 Å². The molecule has 0 radical (unpaired) electrons. The van der Waals surface area contributed by atoms with Gasteiger partial charge in [0.15, 0.2) is 0 Å². The van der Waals surface area contributed by atoms with Crippen molar-refractivity contribution in [3.63, 3.8) is 0 Å². The van der Waals surface area contributed by atoms with Crippen molar-refractivity contribution in [2.24, 2.45) is 0 Å². The van der Waals surface area contributed by atoms with Crippen LogP contribution in [0.25, 0.3) is 0 Å². The average Bonchev–Trinajstić information content (AvgIpc) is 2.48. The molecule has 1 N–H and O–H groups in total. The first-order valence-electron chi connectivity index (χ1n) is 6.75. The van der Waals surface area contributed by atoms with Gasteiger partial charge in [-0.15, -0.1) is 11.8 Å². The van der Waals surface area contributed by atoms with Crippen molar-refractivity contribution < 1.29 is 4.74 Å². The molecule has 2 aromatic rings. The lowest BCUT2D eigenvalue weighted by molar-refractivity contribution is 0.171. The molecule has 2 atom stereocenters. The van der Waals surface area contributed by atoms with E-state index in [1.54, 1.807) is 0 Å². The van der Waals surface area contributed by atoms with E-state index in [1.165, 1.54) is 16.0 Å². The number of fused-ring (bicyclic) bond motifs is 1. The van der Waals surface area contributed by atoms with Crippen LogP contribution in [0, 0.1) is 6.92 Å². The first-order valence-corrected chi connectivity index (χ1v) is 7.74. The molecule has 0 aliphatic carbocycles. The number of nitrogens with one attached hydrogen (secondary N) is 1. The first-order chi connectivity index (χ1) is 9.78. The van der Waals surface area contributed by atoms with Gasteiger partial charge in [0.2, 0.25) is 0 Å². The molecule has 4 heteroatoms. The quantitative estimate of drug-likeness (QED) is 0.939. The monoisotopic (exact) mass is 286 g/mol. The number of ether oxygens (including phenoxy) is 1. The second-order valence-electron chi connectivity index (χ2n) is 4.98. The SMILES string of the molecule is CNC(c1cncc(C)c1)C1CSc2ccccc2O1. The smallest absolute Gasteiger partial charge is 0.133 e. The highest BCUT2D eigenvalue weighted by Gasteiger charge is 2.28. The van der Waals surface area contributed by atoms with E-state index in [4.69, 9.17) is 4.74 Å². The predicted octanol–water partition coefficient (Wildman–Crippen LogP) is 3.20. The Bertz CT molecular complexity index is 603. The Labute approximate surface area is 123 Å². The lowest BCUT2D eigenvalue weighted by atomic mass is 10.0. The number of nitrogens with zero attached hydrogens (tertiary/aromatic N) is 1. The summed E-state index contributed by atoms with van der Waals surface area (Å²) in [6, 6.07) is 10.5. The Hall–Kier alpha value is -1.52. The van der Waals surface area contributed by atoms with Crippen LogP contribution in [0.2, 0.25) is 0 Å². The van der Waals surface area contributed by atoms with Crippen LogP contribution in [-0.4, -0.2) is 23.9 Å². The molecule has 2 unspecified atom stereocenters. The molecule has 0 bridgehead atoms. The standard InChI is InChI=1S/C16H18N2OS/c1-11-7-12(9-18-8-11)16(17-2)14-10-20-15-6-4-3-5-13(15)19-14/h3-9,14,16-17H,10H2,1-2H3. The third kappa shape index (κ3) is 2.67. The number of para-hydroxylation sites is 1. The van der Waals surface area contributed by atoms with Gasteiger partial charge in [0.25, 0.3) is 0 Å². The highest BCUT2D eigenvalue weighted by molar-refractivity contribution is 7.99. The van der Waals surface area contributed by atoms with Crippen LogP contribution >= 0.6 is 11.8 Å². The minimum Gasteiger partial charge on any atom is -0.486 e. The van der Waals surface area contributed by atoms with E-state index in [2.05, 4.69) is 35.4 Å². The zero-order chi connectivity index (χ0) is 13.9. The molecule has 1 aliphatic rings. The highest BCUT2D eigenvalue weighted by Crippen LogP contribution is 2.38. The van der Waals surface area contributed by atoms with Crippen LogP contribution in [0.4, 0.5) is 0 Å². The Morgan fingerprint density at radius 1 is 1.35 bits per heavy atom. The van der Waals surface area contributed by atoms with Crippen LogP contribution in [0.3, 0.4) is 0 Å². The molecule has 2 heterocycles. The molecule has 0 spiro atoms. The maximum Gasteiger partial charge on any atom is 0.133 e. The van der Waals surface area contributed by atoms with Crippen molar-refractivity contribution >= 4 is 11.8 Å². The van der Waals surface area contributed by atoms with Gasteiger partial charge in [0.1, 0.15) is 11.9 Å². The van der Waals surface area contributed by atoms with E-state index in [9.17, 15) is 0 Å². The third-order valence-electron chi connectivity index (χ3n) is 3.47. The molecular weight excluding hydrogens is 268 g/mol. The van der Waals surface area contributed by atoms with Gasteiger partial charge >= 0.3 is 0 Å². The number of benzene rings is 1. The average molecular weight is 286 g/mol. The van der Waals surface area contributed by atoms with Gasteiger partial charge < -0.3 is 10.1 Å². The number of likely N-dealkylation sites (N-methyl/N-ethyl adjacent to an activating group) is 1. The second-order valence-corrected chi connectivity index (χ2v) is 6.04. The summed E-state index contributed by atoms with van der Waals surface area (Å²) >= 11 is 1.85. The summed E-state index contributed by atoms with van der Waals surface area (Å²) < 4.78 is 6.17. The lowest BCUT2D eigenvalue weighted by Crippen LogP contribution is -2.37. The van der Waals surface area contributed by atoms with Crippen molar-refractivity contribution in [2.45, 2.75) is 24.0 Å². The summed E-state index contributed by atoms with van der Waals surface area (Å²) in [5.41, 5.74) is 2.35. The number of hydrogen-bond donors (Lipinski definition) is 1. The Kier molecular flexibility index (Phi) is 3.94. The summed E-state index contributed by atoms with van der Waals surface area (Å²) in [6.45, 7) is 2.06. The molecule has 1 aliphatic heterocycles. The fourth-order valence-corrected chi connectivity index (χ4v) is 3.55. The molecule has 0 saturated carbocycles. The van der Waals surface area contributed by atoms with E-state index in [0.29, 0.717) is 0 Å². The van der Waals surface area contributed by atoms with E-state index in [0.717, 1.165) is 11.5 Å². The number of pyridine rings is 1. The van der Waals surface area contributed by atoms with Gasteiger partial charge in [0, 0.05) is 23.0 Å². The molecular formula is C16H18N2OS. The Morgan fingerprint density at radius 2 is 2.20 bits per heavy atom. The largest absolute Gasteiger partial charge is 0.486 e. The molecule has 20 heavy (non-hydrogen) atoms. The molecule has 1 aromatic heterocycles. The number of rotatable bonds is 3. The fraction of sp³-hybridized carbons (Fsp3) is 0.312. The van der Waals surface area contributed by atoms with Crippen LogP contribution in [-0.2, 0) is 0 Å². The summed E-state index contributed by atoms with van der Waals surface area (Å²) in [5.74, 6) is 1.92. The summed E-state index contributed by atoms with van der Waals surface area (Å²) in [7, 11) is 1.97. The summed E-state index contributed by atoms with van der Waals surface area (Å²) in [5, 5.41) is 3.37. The first kappa shape index (κ1) is 13.5. The van der Waals surface area contributed by atoms with Crippen LogP contribution in [0.15, 0.2) is 47.6 Å². The van der Waals surface area contributed by atoms with Gasteiger partial charge in [-0.3, -0.25) is 4.98 Å². The molecule has 1 aromatic carbocycles. The van der Waals surface area contributed by atoms with Crippen molar-refractivity contribution in [3.05, 3.63) is 53.9 Å². The Balaban J connectivity index is 1.85. The minimum atomic E-state index is 0.114. The van der Waals surface area contributed by atoms with Gasteiger partial charge in [-0.2, -0.15) is 0 Å². The normalized spacial score (nSPS) is 19.0. The summed E-state index contributed by atoms with van der Waals surface area (Å²) in [4.78, 5) is 5.51. The van der Waals surface area contributed by atoms with E-state index in [-0.39, 0.29) is 12.1 Å². The zero-order valence-corrected chi connectivity index (χ0v) is 12.5. The number of aryl methyl sites for hydroxylation is 1. The van der Waals surface area contributed by atoms with Crippen molar-refractivity contribution in [1.29, 1.82) is 0 Å². The number of aromatic nitrogens is 1. The third-order valence-corrected chi connectivity index (χ3v) is 4.61. The van der Waals surface area contributed by atoms with Gasteiger partial charge in [-0.1, -0.05) is 18.2 Å². The summed E-state index contributed by atoms with van der Waals surface area (Å²) in [6.07, 6.45) is 3.91. The molecule has 3 rings (SSSR count). The molecule has 104 valence electrons. The van der Waals surface area contributed by atoms with E-state index >= 15 is 0 Å². The molecule has 0 saturated heterocycles. The van der Waals surface area contributed by atoms with Gasteiger partial charge in [-0.25, -0.2) is 0 Å². The maximum atomic E-state index is 6.17. The lowest BCUT2D eigenvalue weighted by Gasteiger charge is -2.31. The Morgan fingerprint density at radius 3 is 3.00 bits per heavy atom. The van der Waals surface area contributed by atoms with Gasteiger partial charge in [-0.05, 0) is 37.2 Å².